The Hall–Kier alpha value is -1.10. The monoisotopic (exact) mass is 357 g/mol. The lowest BCUT2D eigenvalue weighted by Gasteiger charge is -2.10. The van der Waals surface area contributed by atoms with Crippen molar-refractivity contribution in [2.24, 2.45) is 0 Å². The van der Waals surface area contributed by atoms with Crippen LogP contribution in [0.3, 0.4) is 0 Å². The highest BCUT2D eigenvalue weighted by Crippen LogP contribution is 2.23. The van der Waals surface area contributed by atoms with Crippen LogP contribution in [0.5, 0.6) is 5.75 Å². The van der Waals surface area contributed by atoms with Crippen LogP contribution in [0.4, 0.5) is 4.39 Å². The zero-order valence-electron chi connectivity index (χ0n) is 10.9. The van der Waals surface area contributed by atoms with Crippen molar-refractivity contribution in [3.63, 3.8) is 0 Å². The van der Waals surface area contributed by atoms with Gasteiger partial charge in [0.25, 0.3) is 0 Å². The normalized spacial score (nSPS) is 10.6. The van der Waals surface area contributed by atoms with E-state index in [0.717, 1.165) is 16.6 Å². The van der Waals surface area contributed by atoms with Gasteiger partial charge in [-0.3, -0.25) is 0 Å². The van der Waals surface area contributed by atoms with Crippen LogP contribution in [0.25, 0.3) is 0 Å². The molecule has 0 aliphatic heterocycles. The fraction of sp³-hybridized carbons (Fsp3) is 0.200. The van der Waals surface area contributed by atoms with Crippen molar-refractivity contribution in [3.8, 4) is 5.75 Å². The van der Waals surface area contributed by atoms with Crippen LogP contribution >= 0.6 is 27.5 Å². The molecule has 0 atom stereocenters. The summed E-state index contributed by atoms with van der Waals surface area (Å²) < 4.78 is 19.8. The summed E-state index contributed by atoms with van der Waals surface area (Å²) in [4.78, 5) is 0. The van der Waals surface area contributed by atoms with Crippen molar-refractivity contribution in [1.29, 1.82) is 0 Å². The average molecular weight is 359 g/mol. The Morgan fingerprint density at radius 2 is 2.05 bits per heavy atom. The molecule has 0 amide bonds. The van der Waals surface area contributed by atoms with Crippen LogP contribution in [-0.4, -0.2) is 7.05 Å². The maximum atomic E-state index is 13.3. The van der Waals surface area contributed by atoms with Crippen molar-refractivity contribution < 1.29 is 9.13 Å². The average Bonchev–Trinajstić information content (AvgIpc) is 2.42. The highest BCUT2D eigenvalue weighted by molar-refractivity contribution is 9.10. The van der Waals surface area contributed by atoms with Gasteiger partial charge < -0.3 is 10.1 Å². The van der Waals surface area contributed by atoms with Crippen LogP contribution in [0.15, 0.2) is 40.9 Å². The molecule has 0 fully saturated rings. The first-order valence-electron chi connectivity index (χ1n) is 6.10. The lowest BCUT2D eigenvalue weighted by atomic mass is 10.1. The Morgan fingerprint density at radius 3 is 2.70 bits per heavy atom. The van der Waals surface area contributed by atoms with Gasteiger partial charge in [0, 0.05) is 22.6 Å². The predicted octanol–water partition coefficient (Wildman–Crippen LogP) is 4.54. The van der Waals surface area contributed by atoms with E-state index in [-0.39, 0.29) is 5.02 Å². The molecule has 2 nitrogen and oxygen atoms in total. The molecular weight excluding hydrogens is 345 g/mol. The van der Waals surface area contributed by atoms with Gasteiger partial charge in [0.1, 0.15) is 18.2 Å². The summed E-state index contributed by atoms with van der Waals surface area (Å²) in [6.45, 7) is 1.17. The summed E-state index contributed by atoms with van der Waals surface area (Å²) in [7, 11) is 1.90. The number of nitrogens with one attached hydrogen (secondary N) is 1. The van der Waals surface area contributed by atoms with Crippen molar-refractivity contribution in [2.75, 3.05) is 7.05 Å². The largest absolute Gasteiger partial charge is 0.489 e. The Balaban J connectivity index is 2.05. The van der Waals surface area contributed by atoms with E-state index in [1.165, 1.54) is 17.7 Å². The zero-order valence-corrected chi connectivity index (χ0v) is 13.3. The van der Waals surface area contributed by atoms with Gasteiger partial charge in [-0.25, -0.2) is 4.39 Å². The smallest absolute Gasteiger partial charge is 0.145 e. The molecule has 20 heavy (non-hydrogen) atoms. The first-order valence-corrected chi connectivity index (χ1v) is 7.27. The third-order valence-electron chi connectivity index (χ3n) is 2.78. The summed E-state index contributed by atoms with van der Waals surface area (Å²) in [6.07, 6.45) is 0. The Morgan fingerprint density at radius 1 is 1.25 bits per heavy atom. The van der Waals surface area contributed by atoms with Crippen molar-refractivity contribution >= 4 is 27.5 Å². The molecule has 0 aliphatic carbocycles. The molecule has 0 aliphatic rings. The van der Waals surface area contributed by atoms with Crippen molar-refractivity contribution in [2.45, 2.75) is 13.2 Å². The summed E-state index contributed by atoms with van der Waals surface area (Å²) in [5.41, 5.74) is 2.18. The maximum absolute atomic E-state index is 13.3. The third kappa shape index (κ3) is 3.95. The minimum atomic E-state index is -0.479. The second-order valence-corrected chi connectivity index (χ2v) is 5.58. The Labute approximate surface area is 131 Å². The third-order valence-corrected chi connectivity index (χ3v) is 3.83. The highest BCUT2D eigenvalue weighted by Gasteiger charge is 2.05. The fourth-order valence-corrected chi connectivity index (χ4v) is 2.41. The maximum Gasteiger partial charge on any atom is 0.145 e. The number of halogens is 3. The summed E-state index contributed by atoms with van der Waals surface area (Å²) >= 11 is 9.14. The molecule has 2 rings (SSSR count). The standard InChI is InChI=1S/C15H14BrClFNO/c1-19-8-10-2-3-11(13(16)6-10)9-20-12-4-5-14(17)15(18)7-12/h2-7,19H,8-9H2,1H3. The zero-order chi connectivity index (χ0) is 14.5. The summed E-state index contributed by atoms with van der Waals surface area (Å²) in [6, 6.07) is 10.5. The second-order valence-electron chi connectivity index (χ2n) is 4.32. The molecule has 0 radical (unpaired) electrons. The van der Waals surface area contributed by atoms with Crippen molar-refractivity contribution in [1.82, 2.24) is 5.32 Å². The SMILES string of the molecule is CNCc1ccc(COc2ccc(Cl)c(F)c2)c(Br)c1. The van der Waals surface area contributed by atoms with Gasteiger partial charge in [-0.15, -0.1) is 0 Å². The number of rotatable bonds is 5. The second kappa shape index (κ2) is 7.07. The highest BCUT2D eigenvalue weighted by atomic mass is 79.9. The van der Waals surface area contributed by atoms with Gasteiger partial charge in [0.15, 0.2) is 0 Å². The lowest BCUT2D eigenvalue weighted by molar-refractivity contribution is 0.304. The van der Waals surface area contributed by atoms with Crippen LogP contribution < -0.4 is 10.1 Å². The van der Waals surface area contributed by atoms with E-state index in [2.05, 4.69) is 21.2 Å². The predicted molar refractivity (Wildman–Crippen MR) is 82.6 cm³/mol. The summed E-state index contributed by atoms with van der Waals surface area (Å²) in [5.74, 6) is -0.0225. The van der Waals surface area contributed by atoms with E-state index < -0.39 is 5.82 Å². The minimum absolute atomic E-state index is 0.0925. The number of hydrogen-bond acceptors (Lipinski definition) is 2. The van der Waals surface area contributed by atoms with Gasteiger partial charge in [-0.2, -0.15) is 0 Å². The van der Waals surface area contributed by atoms with Gasteiger partial charge in [0.2, 0.25) is 0 Å². The molecule has 106 valence electrons. The lowest BCUT2D eigenvalue weighted by Crippen LogP contribution is -2.05. The molecule has 0 saturated carbocycles. The first kappa shape index (κ1) is 15.3. The molecule has 0 saturated heterocycles. The molecule has 2 aromatic rings. The Kier molecular flexibility index (Phi) is 5.40. The molecular formula is C15H14BrClFNO. The molecule has 5 heteroatoms. The van der Waals surface area contributed by atoms with E-state index in [1.807, 2.05) is 25.2 Å². The number of benzene rings is 2. The molecule has 2 aromatic carbocycles. The quantitative estimate of drug-likeness (QED) is 0.847. The molecule has 0 aromatic heterocycles. The molecule has 0 heterocycles. The molecule has 1 N–H and O–H groups in total. The minimum Gasteiger partial charge on any atom is -0.489 e. The van der Waals surface area contributed by atoms with Crippen LogP contribution in [0.1, 0.15) is 11.1 Å². The van der Waals surface area contributed by atoms with Crippen LogP contribution in [0, 0.1) is 5.82 Å². The van der Waals surface area contributed by atoms with Gasteiger partial charge in [-0.1, -0.05) is 39.7 Å². The van der Waals surface area contributed by atoms with Gasteiger partial charge in [0.05, 0.1) is 5.02 Å². The summed E-state index contributed by atoms with van der Waals surface area (Å²) in [5, 5.41) is 3.19. The van der Waals surface area contributed by atoms with Crippen LogP contribution in [-0.2, 0) is 13.2 Å². The molecule has 0 unspecified atom stereocenters. The first-order chi connectivity index (χ1) is 9.60. The van der Waals surface area contributed by atoms with E-state index in [4.69, 9.17) is 16.3 Å². The molecule has 0 spiro atoms. The Bertz CT molecular complexity index is 606. The van der Waals surface area contributed by atoms with E-state index >= 15 is 0 Å². The fourth-order valence-electron chi connectivity index (χ4n) is 1.75. The molecule has 0 bridgehead atoms. The van der Waals surface area contributed by atoms with Crippen LogP contribution in [0.2, 0.25) is 5.02 Å². The van der Waals surface area contributed by atoms with E-state index in [1.54, 1.807) is 6.07 Å². The van der Waals surface area contributed by atoms with Gasteiger partial charge in [-0.05, 0) is 30.8 Å². The van der Waals surface area contributed by atoms with Gasteiger partial charge >= 0.3 is 0 Å². The topological polar surface area (TPSA) is 21.3 Å². The number of ether oxygens (including phenoxy) is 1. The number of hydrogen-bond donors (Lipinski definition) is 1. The van der Waals surface area contributed by atoms with E-state index in [0.29, 0.717) is 12.4 Å². The van der Waals surface area contributed by atoms with E-state index in [9.17, 15) is 4.39 Å². The van der Waals surface area contributed by atoms with Crippen molar-refractivity contribution in [3.05, 3.63) is 62.8 Å².